The SMILES string of the molecule is N#Cc1ccc(C(=O)C=Cc2cn(-c3ccccc3)nc2-c2cc3ccccc3o2)cc1. The Bertz CT molecular complexity index is 1450. The van der Waals surface area contributed by atoms with Gasteiger partial charge in [0.25, 0.3) is 0 Å². The molecule has 0 fully saturated rings. The second-order valence-electron chi connectivity index (χ2n) is 7.25. The molecule has 0 spiro atoms. The van der Waals surface area contributed by atoms with E-state index >= 15 is 0 Å². The number of nitrogens with zero attached hydrogens (tertiary/aromatic N) is 3. The van der Waals surface area contributed by atoms with Crippen LogP contribution in [-0.4, -0.2) is 15.6 Å². The number of hydrogen-bond acceptors (Lipinski definition) is 4. The third kappa shape index (κ3) is 3.73. The number of carbonyl (C=O) groups excluding carboxylic acids is 1. The Kier molecular flexibility index (Phi) is 4.95. The molecule has 152 valence electrons. The van der Waals surface area contributed by atoms with Gasteiger partial charge >= 0.3 is 0 Å². The molecule has 0 aliphatic heterocycles. The van der Waals surface area contributed by atoms with Gasteiger partial charge in [-0.3, -0.25) is 4.79 Å². The monoisotopic (exact) mass is 415 g/mol. The number of benzene rings is 3. The van der Waals surface area contributed by atoms with Gasteiger partial charge < -0.3 is 4.42 Å². The highest BCUT2D eigenvalue weighted by molar-refractivity contribution is 6.07. The van der Waals surface area contributed by atoms with Crippen molar-refractivity contribution in [1.29, 1.82) is 5.26 Å². The van der Waals surface area contributed by atoms with Crippen molar-refractivity contribution in [2.45, 2.75) is 0 Å². The maximum atomic E-state index is 12.7. The van der Waals surface area contributed by atoms with E-state index in [1.807, 2.05) is 66.9 Å². The van der Waals surface area contributed by atoms with E-state index in [1.54, 1.807) is 35.0 Å². The first-order valence-corrected chi connectivity index (χ1v) is 10.1. The van der Waals surface area contributed by atoms with Crippen LogP contribution in [0.4, 0.5) is 0 Å². The number of fused-ring (bicyclic) bond motifs is 1. The summed E-state index contributed by atoms with van der Waals surface area (Å²) in [4.78, 5) is 12.7. The molecule has 0 aliphatic rings. The number of nitriles is 1. The first-order valence-electron chi connectivity index (χ1n) is 10.1. The lowest BCUT2D eigenvalue weighted by Crippen LogP contribution is -1.93. The lowest BCUT2D eigenvalue weighted by atomic mass is 10.1. The Labute approximate surface area is 184 Å². The average molecular weight is 415 g/mol. The van der Waals surface area contributed by atoms with E-state index < -0.39 is 0 Å². The molecule has 5 heteroatoms. The number of allylic oxidation sites excluding steroid dienone is 1. The number of ketones is 1. The maximum absolute atomic E-state index is 12.7. The molecule has 2 heterocycles. The number of para-hydroxylation sites is 2. The van der Waals surface area contributed by atoms with Crippen molar-refractivity contribution in [2.24, 2.45) is 0 Å². The van der Waals surface area contributed by atoms with Crippen LogP contribution >= 0.6 is 0 Å². The van der Waals surface area contributed by atoms with Gasteiger partial charge in [-0.15, -0.1) is 0 Å². The first kappa shape index (κ1) is 19.3. The van der Waals surface area contributed by atoms with Crippen LogP contribution in [0, 0.1) is 11.3 Å². The molecule has 3 aromatic carbocycles. The zero-order valence-electron chi connectivity index (χ0n) is 17.0. The molecule has 5 aromatic rings. The quantitative estimate of drug-likeness (QED) is 0.259. The van der Waals surface area contributed by atoms with Gasteiger partial charge in [-0.25, -0.2) is 4.68 Å². The Morgan fingerprint density at radius 2 is 1.72 bits per heavy atom. The molecule has 5 rings (SSSR count). The van der Waals surface area contributed by atoms with Crippen LogP contribution in [0.1, 0.15) is 21.5 Å². The van der Waals surface area contributed by atoms with Gasteiger partial charge in [0, 0.05) is 22.7 Å². The summed E-state index contributed by atoms with van der Waals surface area (Å²) in [5.41, 5.74) is 4.12. The highest BCUT2D eigenvalue weighted by Crippen LogP contribution is 2.30. The summed E-state index contributed by atoms with van der Waals surface area (Å²) >= 11 is 0. The standard InChI is InChI=1S/C27H17N3O2/c28-17-19-10-12-20(13-11-19)24(31)15-14-22-18-30(23-7-2-1-3-8-23)29-27(22)26-16-21-6-4-5-9-25(21)32-26/h1-16,18H. The lowest BCUT2D eigenvalue weighted by molar-refractivity contribution is 0.104. The van der Waals surface area contributed by atoms with Crippen molar-refractivity contribution < 1.29 is 9.21 Å². The molecule has 0 bridgehead atoms. The van der Waals surface area contributed by atoms with Crippen LogP contribution in [-0.2, 0) is 0 Å². The second-order valence-corrected chi connectivity index (χ2v) is 7.25. The average Bonchev–Trinajstić information content (AvgIpc) is 3.47. The van der Waals surface area contributed by atoms with Crippen molar-refractivity contribution in [1.82, 2.24) is 9.78 Å². The minimum Gasteiger partial charge on any atom is -0.454 e. The van der Waals surface area contributed by atoms with E-state index in [0.717, 1.165) is 22.2 Å². The van der Waals surface area contributed by atoms with E-state index in [9.17, 15) is 4.79 Å². The normalized spacial score (nSPS) is 11.1. The Balaban J connectivity index is 1.55. The second kappa shape index (κ2) is 8.21. The van der Waals surface area contributed by atoms with Crippen molar-refractivity contribution in [3.05, 3.63) is 114 Å². The van der Waals surface area contributed by atoms with E-state index in [4.69, 9.17) is 14.8 Å². The minimum absolute atomic E-state index is 0.155. The third-order valence-corrected chi connectivity index (χ3v) is 5.13. The fraction of sp³-hybridized carbons (Fsp3) is 0. The summed E-state index contributed by atoms with van der Waals surface area (Å²) in [6.07, 6.45) is 5.13. The van der Waals surface area contributed by atoms with Crippen molar-refractivity contribution in [2.75, 3.05) is 0 Å². The fourth-order valence-corrected chi connectivity index (χ4v) is 3.48. The molecule has 0 N–H and O–H groups in total. The Hall–Kier alpha value is -4.69. The molecule has 5 nitrogen and oxygen atoms in total. The largest absolute Gasteiger partial charge is 0.454 e. The summed E-state index contributed by atoms with van der Waals surface area (Å²) in [6.45, 7) is 0. The van der Waals surface area contributed by atoms with E-state index in [0.29, 0.717) is 22.6 Å². The van der Waals surface area contributed by atoms with Crippen molar-refractivity contribution >= 4 is 22.8 Å². The molecule has 0 aliphatic carbocycles. The highest BCUT2D eigenvalue weighted by Gasteiger charge is 2.15. The number of furan rings is 1. The Morgan fingerprint density at radius 1 is 0.969 bits per heavy atom. The minimum atomic E-state index is -0.155. The van der Waals surface area contributed by atoms with Crippen LogP contribution in [0.3, 0.4) is 0 Å². The fourth-order valence-electron chi connectivity index (χ4n) is 3.48. The van der Waals surface area contributed by atoms with Gasteiger partial charge in [0.1, 0.15) is 11.3 Å². The van der Waals surface area contributed by atoms with Gasteiger partial charge in [-0.05, 0) is 60.7 Å². The molecular formula is C27H17N3O2. The summed E-state index contributed by atoms with van der Waals surface area (Å²) in [5, 5.41) is 14.7. The predicted molar refractivity (Wildman–Crippen MR) is 123 cm³/mol. The zero-order chi connectivity index (χ0) is 21.9. The molecule has 0 amide bonds. The van der Waals surface area contributed by atoms with Crippen LogP contribution in [0.15, 0.2) is 102 Å². The van der Waals surface area contributed by atoms with Crippen molar-refractivity contribution in [3.8, 4) is 23.2 Å². The van der Waals surface area contributed by atoms with Crippen LogP contribution in [0.25, 0.3) is 34.2 Å². The molecular weight excluding hydrogens is 398 g/mol. The molecule has 0 atom stereocenters. The van der Waals surface area contributed by atoms with E-state index in [2.05, 4.69) is 6.07 Å². The van der Waals surface area contributed by atoms with Gasteiger partial charge in [0.2, 0.25) is 0 Å². The molecule has 0 radical (unpaired) electrons. The molecule has 0 unspecified atom stereocenters. The topological polar surface area (TPSA) is 71.8 Å². The third-order valence-electron chi connectivity index (χ3n) is 5.13. The van der Waals surface area contributed by atoms with Crippen LogP contribution in [0.2, 0.25) is 0 Å². The summed E-state index contributed by atoms with van der Waals surface area (Å²) in [6, 6.07) is 28.1. The van der Waals surface area contributed by atoms with Crippen molar-refractivity contribution in [3.63, 3.8) is 0 Å². The number of rotatable bonds is 5. The van der Waals surface area contributed by atoms with Gasteiger partial charge in [-0.2, -0.15) is 10.4 Å². The lowest BCUT2D eigenvalue weighted by Gasteiger charge is -1.98. The summed E-state index contributed by atoms with van der Waals surface area (Å²) < 4.78 is 7.81. The van der Waals surface area contributed by atoms with E-state index in [1.165, 1.54) is 6.08 Å². The summed E-state index contributed by atoms with van der Waals surface area (Å²) in [5.74, 6) is 0.476. The van der Waals surface area contributed by atoms with E-state index in [-0.39, 0.29) is 5.78 Å². The smallest absolute Gasteiger partial charge is 0.185 e. The van der Waals surface area contributed by atoms with Gasteiger partial charge in [-0.1, -0.05) is 36.4 Å². The highest BCUT2D eigenvalue weighted by atomic mass is 16.3. The summed E-state index contributed by atoms with van der Waals surface area (Å²) in [7, 11) is 0. The number of hydrogen-bond donors (Lipinski definition) is 0. The molecule has 0 saturated heterocycles. The first-order chi connectivity index (χ1) is 15.7. The van der Waals surface area contributed by atoms with Gasteiger partial charge in [0.05, 0.1) is 17.3 Å². The Morgan fingerprint density at radius 3 is 2.47 bits per heavy atom. The van der Waals surface area contributed by atoms with Gasteiger partial charge in [0.15, 0.2) is 11.5 Å². The maximum Gasteiger partial charge on any atom is 0.185 e. The number of aromatic nitrogens is 2. The predicted octanol–water partition coefficient (Wildman–Crippen LogP) is 6.05. The van der Waals surface area contributed by atoms with Crippen LogP contribution in [0.5, 0.6) is 0 Å². The van der Waals surface area contributed by atoms with Crippen LogP contribution < -0.4 is 0 Å². The molecule has 0 saturated carbocycles. The number of carbonyl (C=O) groups is 1. The molecule has 32 heavy (non-hydrogen) atoms. The zero-order valence-corrected chi connectivity index (χ0v) is 17.0. The molecule has 2 aromatic heterocycles.